The maximum Gasteiger partial charge on any atom is 0.262 e. The first kappa shape index (κ1) is 16.7. The number of para-hydroxylation sites is 1. The third kappa shape index (κ3) is 3.20. The molecule has 0 saturated heterocycles. The number of carbonyl (C=O) groups excluding carboxylic acids is 1. The first-order valence-electron chi connectivity index (χ1n) is 7.13. The van der Waals surface area contributed by atoms with Crippen LogP contribution in [0.25, 0.3) is 10.2 Å². The van der Waals surface area contributed by atoms with Crippen molar-refractivity contribution >= 4 is 44.9 Å². The number of carbonyl (C=O) groups is 1. The number of fused-ring (bicyclic) bond motifs is 1. The average Bonchev–Trinajstić information content (AvgIpc) is 3.03. The number of thioether (sulfide) groups is 1. The molecule has 1 aromatic carbocycles. The molecule has 0 spiro atoms. The van der Waals surface area contributed by atoms with E-state index in [-0.39, 0.29) is 17.2 Å². The molecule has 0 radical (unpaired) electrons. The van der Waals surface area contributed by atoms with Gasteiger partial charge in [0, 0.05) is 7.05 Å². The highest BCUT2D eigenvalue weighted by molar-refractivity contribution is 8.00. The molecule has 0 aliphatic carbocycles. The summed E-state index contributed by atoms with van der Waals surface area (Å²) in [7, 11) is 1.62. The lowest BCUT2D eigenvalue weighted by molar-refractivity contribution is -0.115. The summed E-state index contributed by atoms with van der Waals surface area (Å²) in [5.41, 5.74) is -0.0176. The van der Waals surface area contributed by atoms with Crippen LogP contribution < -0.4 is 10.9 Å². The van der Waals surface area contributed by atoms with Crippen molar-refractivity contribution in [2.45, 2.75) is 17.3 Å². The van der Waals surface area contributed by atoms with Gasteiger partial charge in [-0.05, 0) is 30.5 Å². The Morgan fingerprint density at radius 1 is 1.38 bits per heavy atom. The zero-order valence-corrected chi connectivity index (χ0v) is 14.6. The van der Waals surface area contributed by atoms with Gasteiger partial charge in [0.25, 0.3) is 5.56 Å². The van der Waals surface area contributed by atoms with Crippen molar-refractivity contribution in [2.75, 3.05) is 5.32 Å². The molecule has 0 unspecified atom stereocenters. The summed E-state index contributed by atoms with van der Waals surface area (Å²) in [5.74, 6) is -0.848. The molecule has 3 rings (SSSR count). The molecule has 0 aliphatic heterocycles. The maximum absolute atomic E-state index is 13.6. The lowest BCUT2D eigenvalue weighted by Crippen LogP contribution is -2.25. The summed E-state index contributed by atoms with van der Waals surface area (Å²) in [4.78, 5) is 29.6. The van der Waals surface area contributed by atoms with Gasteiger partial charge in [-0.1, -0.05) is 23.9 Å². The van der Waals surface area contributed by atoms with Gasteiger partial charge < -0.3 is 5.32 Å². The van der Waals surface area contributed by atoms with Gasteiger partial charge in [-0.15, -0.1) is 11.3 Å². The number of nitrogens with one attached hydrogen (secondary N) is 1. The van der Waals surface area contributed by atoms with Crippen molar-refractivity contribution in [3.63, 3.8) is 0 Å². The number of amides is 1. The van der Waals surface area contributed by atoms with Crippen LogP contribution in [0, 0.1) is 5.82 Å². The van der Waals surface area contributed by atoms with Gasteiger partial charge in [0.2, 0.25) is 5.91 Å². The van der Waals surface area contributed by atoms with Crippen molar-refractivity contribution in [3.8, 4) is 0 Å². The smallest absolute Gasteiger partial charge is 0.262 e. The number of benzene rings is 1. The van der Waals surface area contributed by atoms with Crippen LogP contribution in [-0.4, -0.2) is 20.7 Å². The summed E-state index contributed by atoms with van der Waals surface area (Å²) in [6.45, 7) is 1.69. The van der Waals surface area contributed by atoms with Crippen LogP contribution in [0.2, 0.25) is 0 Å². The summed E-state index contributed by atoms with van der Waals surface area (Å²) in [5, 5.41) is 4.83. The van der Waals surface area contributed by atoms with E-state index in [0.29, 0.717) is 15.4 Å². The number of nitrogens with zero attached hydrogens (tertiary/aromatic N) is 2. The monoisotopic (exact) mass is 363 g/mol. The first-order valence-corrected chi connectivity index (χ1v) is 8.89. The molecule has 0 bridgehead atoms. The summed E-state index contributed by atoms with van der Waals surface area (Å²) < 4.78 is 15.0. The van der Waals surface area contributed by atoms with Crippen molar-refractivity contribution in [3.05, 3.63) is 51.9 Å². The van der Waals surface area contributed by atoms with Gasteiger partial charge in [-0.3, -0.25) is 14.2 Å². The number of aromatic nitrogens is 2. The van der Waals surface area contributed by atoms with Crippen LogP contribution in [0.3, 0.4) is 0 Å². The Morgan fingerprint density at radius 3 is 2.88 bits per heavy atom. The molecular formula is C16H14FN3O2S2. The quantitative estimate of drug-likeness (QED) is 0.571. The molecule has 2 aromatic heterocycles. The van der Waals surface area contributed by atoms with Gasteiger partial charge in [0.1, 0.15) is 10.6 Å². The van der Waals surface area contributed by atoms with Crippen molar-refractivity contribution < 1.29 is 9.18 Å². The highest BCUT2D eigenvalue weighted by Gasteiger charge is 2.19. The highest BCUT2D eigenvalue weighted by Crippen LogP contribution is 2.25. The standard InChI is InChI=1S/C16H14FN3O2S2/c1-9(13(21)18-12-6-4-3-5-11(12)17)24-16-19-14-10(7-8-23-14)15(22)20(16)2/h3-9H,1-2H3,(H,18,21)/t9-/m0/s1. The van der Waals surface area contributed by atoms with E-state index in [9.17, 15) is 14.0 Å². The summed E-state index contributed by atoms with van der Waals surface area (Å²) >= 11 is 2.54. The van der Waals surface area contributed by atoms with E-state index in [0.717, 1.165) is 11.8 Å². The molecule has 1 amide bonds. The number of halogens is 1. The number of anilines is 1. The molecule has 1 atom stereocenters. The fourth-order valence-corrected chi connectivity index (χ4v) is 3.77. The SMILES string of the molecule is C[C@H](Sc1nc2sccc2c(=O)n1C)C(=O)Nc1ccccc1F. The van der Waals surface area contributed by atoms with Crippen LogP contribution >= 0.6 is 23.1 Å². The van der Waals surface area contributed by atoms with Crippen molar-refractivity contribution in [1.82, 2.24) is 9.55 Å². The van der Waals surface area contributed by atoms with E-state index in [1.807, 2.05) is 5.38 Å². The minimum atomic E-state index is -0.542. The number of rotatable bonds is 4. The van der Waals surface area contributed by atoms with E-state index in [4.69, 9.17) is 0 Å². The predicted octanol–water partition coefficient (Wildman–Crippen LogP) is 3.25. The molecule has 124 valence electrons. The van der Waals surface area contributed by atoms with E-state index in [1.165, 1.54) is 28.0 Å². The Bertz CT molecular complexity index is 967. The second-order valence-electron chi connectivity index (χ2n) is 5.13. The van der Waals surface area contributed by atoms with E-state index in [2.05, 4.69) is 10.3 Å². The number of thiophene rings is 1. The predicted molar refractivity (Wildman–Crippen MR) is 95.2 cm³/mol. The zero-order valence-electron chi connectivity index (χ0n) is 12.9. The second kappa shape index (κ2) is 6.74. The molecule has 24 heavy (non-hydrogen) atoms. The first-order chi connectivity index (χ1) is 11.5. The van der Waals surface area contributed by atoms with E-state index >= 15 is 0 Å². The van der Waals surface area contributed by atoms with Gasteiger partial charge in [0.15, 0.2) is 5.16 Å². The molecule has 8 heteroatoms. The Morgan fingerprint density at radius 2 is 2.12 bits per heavy atom. The molecule has 2 heterocycles. The summed E-state index contributed by atoms with van der Waals surface area (Å²) in [6, 6.07) is 7.71. The van der Waals surface area contributed by atoms with Crippen LogP contribution in [-0.2, 0) is 11.8 Å². The molecular weight excluding hydrogens is 349 g/mol. The van der Waals surface area contributed by atoms with Crippen molar-refractivity contribution in [2.24, 2.45) is 7.05 Å². The Kier molecular flexibility index (Phi) is 4.68. The summed E-state index contributed by atoms with van der Waals surface area (Å²) in [6.07, 6.45) is 0. The fourth-order valence-electron chi connectivity index (χ4n) is 2.09. The molecule has 0 aliphatic rings. The normalized spacial score (nSPS) is 12.3. The third-order valence-electron chi connectivity index (χ3n) is 3.45. The maximum atomic E-state index is 13.6. The highest BCUT2D eigenvalue weighted by atomic mass is 32.2. The van der Waals surface area contributed by atoms with Gasteiger partial charge in [-0.2, -0.15) is 0 Å². The van der Waals surface area contributed by atoms with Crippen LogP contribution in [0.1, 0.15) is 6.92 Å². The van der Waals surface area contributed by atoms with Crippen LogP contribution in [0.4, 0.5) is 10.1 Å². The van der Waals surface area contributed by atoms with Crippen LogP contribution in [0.15, 0.2) is 45.7 Å². The Balaban J connectivity index is 1.80. The number of hydrogen-bond donors (Lipinski definition) is 1. The molecule has 1 N–H and O–H groups in total. The second-order valence-corrected chi connectivity index (χ2v) is 7.33. The largest absolute Gasteiger partial charge is 0.323 e. The molecule has 0 fully saturated rings. The minimum Gasteiger partial charge on any atom is -0.323 e. The molecule has 3 aromatic rings. The Hall–Kier alpha value is -2.19. The third-order valence-corrected chi connectivity index (χ3v) is 5.40. The fraction of sp³-hybridized carbons (Fsp3) is 0.188. The average molecular weight is 363 g/mol. The van der Waals surface area contributed by atoms with Gasteiger partial charge in [0.05, 0.1) is 16.3 Å². The van der Waals surface area contributed by atoms with E-state index < -0.39 is 11.1 Å². The molecule has 5 nitrogen and oxygen atoms in total. The Labute approximate surface area is 145 Å². The van der Waals surface area contributed by atoms with Crippen molar-refractivity contribution in [1.29, 1.82) is 0 Å². The van der Waals surface area contributed by atoms with Crippen LogP contribution in [0.5, 0.6) is 0 Å². The minimum absolute atomic E-state index is 0.130. The van der Waals surface area contributed by atoms with Gasteiger partial charge in [-0.25, -0.2) is 9.37 Å². The lowest BCUT2D eigenvalue weighted by atomic mass is 10.3. The van der Waals surface area contributed by atoms with E-state index in [1.54, 1.807) is 32.2 Å². The van der Waals surface area contributed by atoms with Gasteiger partial charge >= 0.3 is 0 Å². The zero-order chi connectivity index (χ0) is 17.3. The topological polar surface area (TPSA) is 64.0 Å². The lowest BCUT2D eigenvalue weighted by Gasteiger charge is -2.13. The number of hydrogen-bond acceptors (Lipinski definition) is 5. The molecule has 0 saturated carbocycles.